The molecule has 1 atom stereocenters. The van der Waals surface area contributed by atoms with Gasteiger partial charge in [-0.1, -0.05) is 0 Å². The van der Waals surface area contributed by atoms with Gasteiger partial charge in [0.2, 0.25) is 5.91 Å². The highest BCUT2D eigenvalue weighted by Gasteiger charge is 2.21. The molecular weight excluding hydrogens is 256 g/mol. The summed E-state index contributed by atoms with van der Waals surface area (Å²) < 4.78 is 10.4. The number of rotatable bonds is 4. The van der Waals surface area contributed by atoms with E-state index in [0.29, 0.717) is 18.0 Å². The molecule has 0 saturated carbocycles. The Labute approximate surface area is 119 Å². The summed E-state index contributed by atoms with van der Waals surface area (Å²) in [4.78, 5) is 13.8. The van der Waals surface area contributed by atoms with Gasteiger partial charge in [0.25, 0.3) is 0 Å². The van der Waals surface area contributed by atoms with Crippen LogP contribution in [0.2, 0.25) is 0 Å². The SMILES string of the molecule is COc1cc(C=CC(=O)N2CCC(N)C2)cc(OC)c1. The third-order valence-electron chi connectivity index (χ3n) is 3.33. The number of nitrogens with two attached hydrogens (primary N) is 1. The van der Waals surface area contributed by atoms with Crippen LogP contribution in [0.4, 0.5) is 0 Å². The molecule has 0 spiro atoms. The van der Waals surface area contributed by atoms with Crippen LogP contribution >= 0.6 is 0 Å². The first kappa shape index (κ1) is 14.4. The number of benzene rings is 1. The van der Waals surface area contributed by atoms with Gasteiger partial charge in [0.15, 0.2) is 0 Å². The molecule has 5 nitrogen and oxygen atoms in total. The summed E-state index contributed by atoms with van der Waals surface area (Å²) in [6.45, 7) is 1.36. The normalized spacial score (nSPS) is 18.6. The van der Waals surface area contributed by atoms with E-state index in [9.17, 15) is 4.79 Å². The molecule has 1 amide bonds. The topological polar surface area (TPSA) is 64.8 Å². The van der Waals surface area contributed by atoms with Gasteiger partial charge in [0.1, 0.15) is 11.5 Å². The summed E-state index contributed by atoms with van der Waals surface area (Å²) in [5, 5.41) is 0. The lowest BCUT2D eigenvalue weighted by molar-refractivity contribution is -0.124. The van der Waals surface area contributed by atoms with Gasteiger partial charge in [-0.25, -0.2) is 0 Å². The van der Waals surface area contributed by atoms with Crippen LogP contribution in [0, 0.1) is 0 Å². The van der Waals surface area contributed by atoms with E-state index in [2.05, 4.69) is 0 Å². The lowest BCUT2D eigenvalue weighted by atomic mass is 10.2. The maximum Gasteiger partial charge on any atom is 0.246 e. The predicted octanol–water partition coefficient (Wildman–Crippen LogP) is 1.28. The van der Waals surface area contributed by atoms with Crippen LogP contribution in [0.15, 0.2) is 24.3 Å². The van der Waals surface area contributed by atoms with Crippen LogP contribution < -0.4 is 15.2 Å². The average Bonchev–Trinajstić information content (AvgIpc) is 2.91. The molecule has 1 saturated heterocycles. The smallest absolute Gasteiger partial charge is 0.246 e. The Balaban J connectivity index is 2.08. The fraction of sp³-hybridized carbons (Fsp3) is 0.400. The second-order valence-corrected chi connectivity index (χ2v) is 4.81. The van der Waals surface area contributed by atoms with Gasteiger partial charge in [0.05, 0.1) is 14.2 Å². The van der Waals surface area contributed by atoms with Crippen molar-refractivity contribution in [3.05, 3.63) is 29.8 Å². The summed E-state index contributed by atoms with van der Waals surface area (Å²) in [6.07, 6.45) is 4.19. The molecule has 0 bridgehead atoms. The van der Waals surface area contributed by atoms with Gasteiger partial charge in [-0.3, -0.25) is 4.79 Å². The van der Waals surface area contributed by atoms with Crippen LogP contribution in [-0.4, -0.2) is 44.2 Å². The molecule has 2 rings (SSSR count). The second kappa shape index (κ2) is 6.43. The van der Waals surface area contributed by atoms with Gasteiger partial charge in [-0.05, 0) is 30.2 Å². The molecule has 1 unspecified atom stereocenters. The summed E-state index contributed by atoms with van der Waals surface area (Å²) in [5.41, 5.74) is 6.65. The maximum atomic E-state index is 12.0. The average molecular weight is 276 g/mol. The van der Waals surface area contributed by atoms with E-state index in [1.54, 1.807) is 37.3 Å². The van der Waals surface area contributed by atoms with E-state index >= 15 is 0 Å². The monoisotopic (exact) mass is 276 g/mol. The van der Waals surface area contributed by atoms with Crippen molar-refractivity contribution in [1.29, 1.82) is 0 Å². The van der Waals surface area contributed by atoms with Crippen molar-refractivity contribution in [2.45, 2.75) is 12.5 Å². The quantitative estimate of drug-likeness (QED) is 0.841. The van der Waals surface area contributed by atoms with Crippen LogP contribution in [0.5, 0.6) is 11.5 Å². The first-order valence-corrected chi connectivity index (χ1v) is 6.58. The molecule has 0 radical (unpaired) electrons. The lowest BCUT2D eigenvalue weighted by Crippen LogP contribution is -2.30. The number of ether oxygens (including phenoxy) is 2. The fourth-order valence-corrected chi connectivity index (χ4v) is 2.19. The highest BCUT2D eigenvalue weighted by atomic mass is 16.5. The molecule has 20 heavy (non-hydrogen) atoms. The molecule has 0 aromatic heterocycles. The predicted molar refractivity (Wildman–Crippen MR) is 77.8 cm³/mol. The van der Waals surface area contributed by atoms with E-state index < -0.39 is 0 Å². The van der Waals surface area contributed by atoms with Crippen LogP contribution in [-0.2, 0) is 4.79 Å². The van der Waals surface area contributed by atoms with Gasteiger partial charge >= 0.3 is 0 Å². The standard InChI is InChI=1S/C15H20N2O3/c1-19-13-7-11(8-14(9-13)20-2)3-4-15(18)17-6-5-12(16)10-17/h3-4,7-9,12H,5-6,10,16H2,1-2H3. The minimum absolute atomic E-state index is 0.0141. The van der Waals surface area contributed by atoms with Gasteiger partial charge in [-0.2, -0.15) is 0 Å². The summed E-state index contributed by atoms with van der Waals surface area (Å²) >= 11 is 0. The highest BCUT2D eigenvalue weighted by molar-refractivity contribution is 5.92. The third kappa shape index (κ3) is 3.51. The molecule has 1 aliphatic heterocycles. The lowest BCUT2D eigenvalue weighted by Gasteiger charge is -2.12. The summed E-state index contributed by atoms with van der Waals surface area (Å²) in [7, 11) is 3.19. The number of amides is 1. The first-order chi connectivity index (χ1) is 9.62. The van der Waals surface area contributed by atoms with E-state index in [1.165, 1.54) is 0 Å². The zero-order valence-electron chi connectivity index (χ0n) is 11.8. The van der Waals surface area contributed by atoms with Crippen molar-refractivity contribution in [2.24, 2.45) is 5.73 Å². The van der Waals surface area contributed by atoms with E-state index in [1.807, 2.05) is 12.1 Å². The summed E-state index contributed by atoms with van der Waals surface area (Å²) in [5.74, 6) is 1.37. The Morgan fingerprint density at radius 2 is 1.95 bits per heavy atom. The largest absolute Gasteiger partial charge is 0.497 e. The molecular formula is C15H20N2O3. The Hall–Kier alpha value is -2.01. The Morgan fingerprint density at radius 1 is 1.30 bits per heavy atom. The highest BCUT2D eigenvalue weighted by Crippen LogP contribution is 2.23. The number of nitrogens with zero attached hydrogens (tertiary/aromatic N) is 1. The van der Waals surface area contributed by atoms with E-state index in [-0.39, 0.29) is 11.9 Å². The number of methoxy groups -OCH3 is 2. The van der Waals surface area contributed by atoms with Gasteiger partial charge < -0.3 is 20.1 Å². The zero-order chi connectivity index (χ0) is 14.5. The number of likely N-dealkylation sites (tertiary alicyclic amines) is 1. The number of carbonyl (C=O) groups excluding carboxylic acids is 1. The molecule has 1 fully saturated rings. The third-order valence-corrected chi connectivity index (χ3v) is 3.33. The number of hydrogen-bond donors (Lipinski definition) is 1. The fourth-order valence-electron chi connectivity index (χ4n) is 2.19. The molecule has 108 valence electrons. The van der Waals surface area contributed by atoms with Crippen molar-refractivity contribution in [2.75, 3.05) is 27.3 Å². The van der Waals surface area contributed by atoms with E-state index in [4.69, 9.17) is 15.2 Å². The minimum atomic E-state index is -0.0141. The maximum absolute atomic E-state index is 12.0. The van der Waals surface area contributed by atoms with Crippen molar-refractivity contribution in [3.63, 3.8) is 0 Å². The van der Waals surface area contributed by atoms with Gasteiger partial charge in [-0.15, -0.1) is 0 Å². The zero-order valence-corrected chi connectivity index (χ0v) is 11.8. The molecule has 1 aromatic carbocycles. The summed E-state index contributed by atoms with van der Waals surface area (Å²) in [6, 6.07) is 5.59. The molecule has 5 heteroatoms. The number of hydrogen-bond acceptors (Lipinski definition) is 4. The van der Waals surface area contributed by atoms with Crippen molar-refractivity contribution in [1.82, 2.24) is 4.90 Å². The molecule has 2 N–H and O–H groups in total. The Morgan fingerprint density at radius 3 is 2.45 bits per heavy atom. The van der Waals surface area contributed by atoms with Crippen LogP contribution in [0.25, 0.3) is 6.08 Å². The number of carbonyl (C=O) groups is 1. The molecule has 1 aromatic rings. The Bertz CT molecular complexity index is 492. The van der Waals surface area contributed by atoms with Crippen LogP contribution in [0.3, 0.4) is 0 Å². The molecule has 1 aliphatic rings. The van der Waals surface area contributed by atoms with Crippen LogP contribution in [0.1, 0.15) is 12.0 Å². The van der Waals surface area contributed by atoms with Crippen molar-refractivity contribution < 1.29 is 14.3 Å². The molecule has 1 heterocycles. The minimum Gasteiger partial charge on any atom is -0.497 e. The first-order valence-electron chi connectivity index (χ1n) is 6.58. The van der Waals surface area contributed by atoms with Crippen molar-refractivity contribution in [3.8, 4) is 11.5 Å². The van der Waals surface area contributed by atoms with E-state index in [0.717, 1.165) is 18.5 Å². The van der Waals surface area contributed by atoms with Crippen molar-refractivity contribution >= 4 is 12.0 Å². The Kier molecular flexibility index (Phi) is 4.63. The second-order valence-electron chi connectivity index (χ2n) is 4.81. The molecule has 0 aliphatic carbocycles. The van der Waals surface area contributed by atoms with Gasteiger partial charge in [0, 0.05) is 31.3 Å².